The number of benzene rings is 1. The van der Waals surface area contributed by atoms with E-state index < -0.39 is 0 Å². The number of nitrogens with one attached hydrogen (secondary N) is 2. The van der Waals surface area contributed by atoms with Crippen molar-refractivity contribution < 1.29 is 0 Å². The van der Waals surface area contributed by atoms with Gasteiger partial charge >= 0.3 is 0 Å². The first kappa shape index (κ1) is 16.8. The van der Waals surface area contributed by atoms with Crippen LogP contribution in [0.5, 0.6) is 0 Å². The lowest BCUT2D eigenvalue weighted by molar-refractivity contribution is 0.643. The number of hydrogen-bond donors (Lipinski definition) is 2. The van der Waals surface area contributed by atoms with E-state index in [0.717, 1.165) is 29.9 Å². The van der Waals surface area contributed by atoms with E-state index in [4.69, 9.17) is 11.6 Å². The van der Waals surface area contributed by atoms with Gasteiger partial charge in [0, 0.05) is 30.6 Å². The SMILES string of the molecule is CCNC(=NCc1ncnn1C)NCC1(c2ccc(Cl)cc2)CC1. The molecule has 0 amide bonds. The number of hydrogen-bond acceptors (Lipinski definition) is 3. The summed E-state index contributed by atoms with van der Waals surface area (Å²) in [6.07, 6.45) is 3.92. The lowest BCUT2D eigenvalue weighted by Crippen LogP contribution is -2.41. The molecule has 1 aliphatic rings. The zero-order chi connectivity index (χ0) is 17.0. The van der Waals surface area contributed by atoms with Gasteiger partial charge < -0.3 is 10.6 Å². The Morgan fingerprint density at radius 3 is 2.62 bits per heavy atom. The van der Waals surface area contributed by atoms with Crippen molar-refractivity contribution in [2.75, 3.05) is 13.1 Å². The Morgan fingerprint density at radius 1 is 1.29 bits per heavy atom. The highest BCUT2D eigenvalue weighted by Crippen LogP contribution is 2.47. The van der Waals surface area contributed by atoms with Crippen molar-refractivity contribution in [1.29, 1.82) is 0 Å². The van der Waals surface area contributed by atoms with Gasteiger partial charge in [-0.3, -0.25) is 4.68 Å². The summed E-state index contributed by atoms with van der Waals surface area (Å²) < 4.78 is 1.74. The zero-order valence-corrected chi connectivity index (χ0v) is 14.8. The van der Waals surface area contributed by atoms with Crippen molar-refractivity contribution in [3.8, 4) is 0 Å². The molecule has 1 aromatic heterocycles. The van der Waals surface area contributed by atoms with Crippen LogP contribution in [0.1, 0.15) is 31.2 Å². The molecule has 2 N–H and O–H groups in total. The van der Waals surface area contributed by atoms with E-state index in [1.54, 1.807) is 11.0 Å². The zero-order valence-electron chi connectivity index (χ0n) is 14.1. The maximum Gasteiger partial charge on any atom is 0.191 e. The number of rotatable bonds is 6. The van der Waals surface area contributed by atoms with Crippen LogP contribution in [0.3, 0.4) is 0 Å². The molecule has 0 bridgehead atoms. The van der Waals surface area contributed by atoms with Crippen molar-refractivity contribution in [1.82, 2.24) is 25.4 Å². The van der Waals surface area contributed by atoms with Gasteiger partial charge in [-0.05, 0) is 37.5 Å². The largest absolute Gasteiger partial charge is 0.357 e. The summed E-state index contributed by atoms with van der Waals surface area (Å²) in [6.45, 7) is 4.24. The molecule has 0 aliphatic heterocycles. The second-order valence-corrected chi connectivity index (χ2v) is 6.57. The second kappa shape index (κ2) is 7.21. The van der Waals surface area contributed by atoms with Gasteiger partial charge in [-0.15, -0.1) is 0 Å². The average Bonchev–Trinajstić information content (AvgIpc) is 3.26. The van der Waals surface area contributed by atoms with E-state index in [9.17, 15) is 0 Å². The van der Waals surface area contributed by atoms with Crippen molar-refractivity contribution >= 4 is 17.6 Å². The standard InChI is InChI=1S/C17H23ClN6/c1-3-19-16(20-10-15-22-12-23-24(15)2)21-11-17(8-9-17)13-4-6-14(18)7-5-13/h4-7,12H,3,8-11H2,1-2H3,(H2,19,20,21). The fourth-order valence-electron chi connectivity index (χ4n) is 2.73. The fourth-order valence-corrected chi connectivity index (χ4v) is 2.86. The number of aliphatic imine (C=N–C) groups is 1. The molecule has 1 aromatic carbocycles. The molecule has 0 saturated heterocycles. The van der Waals surface area contributed by atoms with Gasteiger partial charge in [0.05, 0.1) is 0 Å². The molecule has 3 rings (SSSR count). The Hall–Kier alpha value is -2.08. The van der Waals surface area contributed by atoms with Crippen molar-refractivity contribution in [2.45, 2.75) is 31.7 Å². The van der Waals surface area contributed by atoms with E-state index in [-0.39, 0.29) is 5.41 Å². The molecule has 7 heteroatoms. The van der Waals surface area contributed by atoms with E-state index in [1.807, 2.05) is 19.2 Å². The number of halogens is 1. The molecule has 0 atom stereocenters. The normalized spacial score (nSPS) is 16.0. The minimum Gasteiger partial charge on any atom is -0.357 e. The van der Waals surface area contributed by atoms with Crippen LogP contribution in [-0.2, 0) is 19.0 Å². The first-order valence-electron chi connectivity index (χ1n) is 8.24. The lowest BCUT2D eigenvalue weighted by atomic mass is 9.96. The Balaban J connectivity index is 1.63. The van der Waals surface area contributed by atoms with Gasteiger partial charge in [0.25, 0.3) is 0 Å². The van der Waals surface area contributed by atoms with E-state index >= 15 is 0 Å². The first-order valence-corrected chi connectivity index (χ1v) is 8.62. The molecule has 1 fully saturated rings. The summed E-state index contributed by atoms with van der Waals surface area (Å²) in [5.41, 5.74) is 1.54. The Morgan fingerprint density at radius 2 is 2.04 bits per heavy atom. The van der Waals surface area contributed by atoms with E-state index in [2.05, 4.69) is 44.8 Å². The highest BCUT2D eigenvalue weighted by atomic mass is 35.5. The molecule has 0 unspecified atom stereocenters. The molecule has 1 heterocycles. The fraction of sp³-hybridized carbons (Fsp3) is 0.471. The number of aromatic nitrogens is 3. The van der Waals surface area contributed by atoms with Crippen LogP contribution >= 0.6 is 11.6 Å². The summed E-state index contributed by atoms with van der Waals surface area (Å²) in [4.78, 5) is 8.81. The molecule has 1 saturated carbocycles. The van der Waals surface area contributed by atoms with Crippen molar-refractivity contribution in [3.05, 3.63) is 47.0 Å². The smallest absolute Gasteiger partial charge is 0.191 e. The molecule has 24 heavy (non-hydrogen) atoms. The summed E-state index contributed by atoms with van der Waals surface area (Å²) in [5.74, 6) is 1.65. The van der Waals surface area contributed by atoms with Gasteiger partial charge in [0.1, 0.15) is 18.7 Å². The van der Waals surface area contributed by atoms with Gasteiger partial charge in [-0.2, -0.15) is 5.10 Å². The van der Waals surface area contributed by atoms with Crippen LogP contribution < -0.4 is 10.6 Å². The molecular weight excluding hydrogens is 324 g/mol. The van der Waals surface area contributed by atoms with Crippen LogP contribution in [0.4, 0.5) is 0 Å². The highest BCUT2D eigenvalue weighted by molar-refractivity contribution is 6.30. The van der Waals surface area contributed by atoms with Crippen LogP contribution in [0, 0.1) is 0 Å². The van der Waals surface area contributed by atoms with Crippen LogP contribution in [-0.4, -0.2) is 33.8 Å². The van der Waals surface area contributed by atoms with Gasteiger partial charge in [-0.25, -0.2) is 9.98 Å². The molecule has 128 valence electrons. The third-order valence-corrected chi connectivity index (χ3v) is 4.68. The maximum atomic E-state index is 6.00. The average molecular weight is 347 g/mol. The molecule has 6 nitrogen and oxygen atoms in total. The molecular formula is C17H23ClN6. The molecule has 2 aromatic rings. The topological polar surface area (TPSA) is 67.1 Å². The first-order chi connectivity index (χ1) is 11.6. The van der Waals surface area contributed by atoms with Crippen LogP contribution in [0.15, 0.2) is 35.6 Å². The lowest BCUT2D eigenvalue weighted by Gasteiger charge is -2.19. The van der Waals surface area contributed by atoms with E-state index in [1.165, 1.54) is 18.4 Å². The van der Waals surface area contributed by atoms with Crippen LogP contribution in [0.2, 0.25) is 5.02 Å². The predicted molar refractivity (Wildman–Crippen MR) is 96.2 cm³/mol. The maximum absolute atomic E-state index is 6.00. The Kier molecular flexibility index (Phi) is 5.04. The van der Waals surface area contributed by atoms with Crippen LogP contribution in [0.25, 0.3) is 0 Å². The Labute approximate surface area is 147 Å². The van der Waals surface area contributed by atoms with Gasteiger partial charge in [-0.1, -0.05) is 23.7 Å². The van der Waals surface area contributed by atoms with E-state index in [0.29, 0.717) is 6.54 Å². The third kappa shape index (κ3) is 3.87. The quantitative estimate of drug-likeness (QED) is 0.622. The Bertz CT molecular complexity index is 702. The second-order valence-electron chi connectivity index (χ2n) is 6.14. The third-order valence-electron chi connectivity index (χ3n) is 4.43. The summed E-state index contributed by atoms with van der Waals surface area (Å²) >= 11 is 6.00. The molecule has 0 radical (unpaired) electrons. The molecule has 1 aliphatic carbocycles. The summed E-state index contributed by atoms with van der Waals surface area (Å²) in [5, 5.41) is 11.6. The minimum atomic E-state index is 0.200. The van der Waals surface area contributed by atoms with Gasteiger partial charge in [0.15, 0.2) is 5.96 Å². The number of aryl methyl sites for hydroxylation is 1. The van der Waals surface area contributed by atoms with Gasteiger partial charge in [0.2, 0.25) is 0 Å². The number of nitrogens with zero attached hydrogens (tertiary/aromatic N) is 4. The molecule has 0 spiro atoms. The predicted octanol–water partition coefficient (Wildman–Crippen LogP) is 2.26. The monoisotopic (exact) mass is 346 g/mol. The van der Waals surface area contributed by atoms with Crippen molar-refractivity contribution in [2.24, 2.45) is 12.0 Å². The van der Waals surface area contributed by atoms with Crippen molar-refractivity contribution in [3.63, 3.8) is 0 Å². The highest BCUT2D eigenvalue weighted by Gasteiger charge is 2.44. The minimum absolute atomic E-state index is 0.200. The summed E-state index contributed by atoms with van der Waals surface area (Å²) in [7, 11) is 1.87. The number of guanidine groups is 1. The summed E-state index contributed by atoms with van der Waals surface area (Å²) in [6, 6.07) is 8.18.